The number of nitriles is 1. The number of fused-ring (bicyclic) bond motifs is 1. The molecule has 44 heavy (non-hydrogen) atoms. The molecule has 2 atom stereocenters. The van der Waals surface area contributed by atoms with Crippen LogP contribution in [0.25, 0.3) is 11.0 Å². The van der Waals surface area contributed by atoms with Gasteiger partial charge in [0.1, 0.15) is 23.5 Å². The Labute approximate surface area is 257 Å². The fourth-order valence-corrected chi connectivity index (χ4v) is 6.23. The third-order valence-corrected chi connectivity index (χ3v) is 8.80. The minimum Gasteiger partial charge on any atom is -0.464 e. The predicted molar refractivity (Wildman–Crippen MR) is 162 cm³/mol. The molecule has 0 aliphatic carbocycles. The number of carbonyl (C=O) groups excluding carboxylic acids is 2. The molecule has 1 aromatic carbocycles. The Kier molecular flexibility index (Phi) is 10.2. The van der Waals surface area contributed by atoms with Gasteiger partial charge < -0.3 is 39.4 Å². The van der Waals surface area contributed by atoms with Crippen LogP contribution < -0.4 is 10.6 Å². The van der Waals surface area contributed by atoms with Crippen LogP contribution in [-0.4, -0.2) is 120 Å². The summed E-state index contributed by atoms with van der Waals surface area (Å²) >= 11 is 0. The molecule has 0 radical (unpaired) electrons. The number of ether oxygens (including phenoxy) is 1. The summed E-state index contributed by atoms with van der Waals surface area (Å²) in [6, 6.07) is 9.11. The second kappa shape index (κ2) is 14.1. The molecule has 3 fully saturated rings. The van der Waals surface area contributed by atoms with E-state index in [2.05, 4.69) is 26.5 Å². The number of hydrogen-bond acceptors (Lipinski definition) is 10. The number of likely N-dealkylation sites (tertiary alicyclic amines) is 1. The number of rotatable bonds is 11. The summed E-state index contributed by atoms with van der Waals surface area (Å²) in [4.78, 5) is 32.8. The van der Waals surface area contributed by atoms with E-state index in [1.165, 1.54) is 0 Å². The van der Waals surface area contributed by atoms with Gasteiger partial charge in [-0.25, -0.2) is 4.79 Å². The molecule has 236 valence electrons. The van der Waals surface area contributed by atoms with Crippen molar-refractivity contribution >= 4 is 30.2 Å². The highest BCUT2D eigenvalue weighted by atomic mass is 16.6. The van der Waals surface area contributed by atoms with Gasteiger partial charge in [-0.3, -0.25) is 14.6 Å². The predicted octanol–water partition coefficient (Wildman–Crippen LogP) is 0.823. The van der Waals surface area contributed by atoms with Gasteiger partial charge >= 0.3 is 13.4 Å². The number of para-hydroxylation sites is 1. The average Bonchev–Trinajstić information content (AvgIpc) is 3.61. The lowest BCUT2D eigenvalue weighted by molar-refractivity contribution is -0.127. The van der Waals surface area contributed by atoms with Crippen molar-refractivity contribution in [2.75, 3.05) is 52.5 Å². The molecule has 4 N–H and O–H groups in total. The largest absolute Gasteiger partial charge is 0.635 e. The summed E-state index contributed by atoms with van der Waals surface area (Å²) in [5.41, 5.74) is 1.01. The Bertz CT molecular complexity index is 1380. The molecule has 3 aliphatic rings. The highest BCUT2D eigenvalue weighted by Crippen LogP contribution is 2.25. The normalized spacial score (nSPS) is 21.1. The van der Waals surface area contributed by atoms with Crippen molar-refractivity contribution in [1.82, 2.24) is 25.3 Å². The van der Waals surface area contributed by atoms with Crippen LogP contribution in [0.4, 0.5) is 4.79 Å². The maximum absolute atomic E-state index is 13.5. The van der Waals surface area contributed by atoms with Gasteiger partial charge in [0, 0.05) is 68.2 Å². The monoisotopic (exact) mass is 608 g/mol. The van der Waals surface area contributed by atoms with E-state index in [0.29, 0.717) is 24.6 Å². The van der Waals surface area contributed by atoms with Crippen molar-refractivity contribution in [2.24, 2.45) is 0 Å². The number of urea groups is 1. The van der Waals surface area contributed by atoms with Crippen LogP contribution >= 0.6 is 0 Å². The van der Waals surface area contributed by atoms with E-state index in [9.17, 15) is 24.9 Å². The molecule has 3 aliphatic heterocycles. The van der Waals surface area contributed by atoms with Crippen molar-refractivity contribution in [1.29, 1.82) is 5.26 Å². The highest BCUT2D eigenvalue weighted by molar-refractivity contribution is 6.32. The fourth-order valence-electron chi connectivity index (χ4n) is 6.23. The van der Waals surface area contributed by atoms with Gasteiger partial charge in [0.25, 0.3) is 5.91 Å². The smallest absolute Gasteiger partial charge is 0.464 e. The van der Waals surface area contributed by atoms with Crippen molar-refractivity contribution in [3.05, 3.63) is 47.7 Å². The van der Waals surface area contributed by atoms with E-state index >= 15 is 0 Å². The van der Waals surface area contributed by atoms with Crippen LogP contribution in [0.15, 0.2) is 46.6 Å². The van der Waals surface area contributed by atoms with Gasteiger partial charge in [-0.1, -0.05) is 18.2 Å². The van der Waals surface area contributed by atoms with Crippen LogP contribution in [0, 0.1) is 11.3 Å². The zero-order valence-corrected chi connectivity index (χ0v) is 25.3. The molecule has 13 nitrogen and oxygen atoms in total. The van der Waals surface area contributed by atoms with Gasteiger partial charge in [-0.05, 0) is 38.8 Å². The van der Waals surface area contributed by atoms with Crippen LogP contribution in [0.5, 0.6) is 0 Å². The average molecular weight is 609 g/mol. The Morgan fingerprint density at radius 2 is 1.95 bits per heavy atom. The Hall–Kier alpha value is -3.45. The van der Waals surface area contributed by atoms with E-state index < -0.39 is 25.1 Å². The highest BCUT2D eigenvalue weighted by Gasteiger charge is 2.36. The van der Waals surface area contributed by atoms with E-state index in [4.69, 9.17) is 13.8 Å². The van der Waals surface area contributed by atoms with E-state index in [-0.39, 0.29) is 30.5 Å². The Balaban J connectivity index is 1.16. The lowest BCUT2D eigenvalue weighted by Crippen LogP contribution is -2.59. The van der Waals surface area contributed by atoms with Gasteiger partial charge in [0.15, 0.2) is 0 Å². The zero-order valence-electron chi connectivity index (χ0n) is 25.3. The molecule has 0 unspecified atom stereocenters. The first-order valence-electron chi connectivity index (χ1n) is 15.2. The third-order valence-electron chi connectivity index (χ3n) is 8.80. The van der Waals surface area contributed by atoms with E-state index in [0.717, 1.165) is 56.8 Å². The molecular weight excluding hydrogens is 567 g/mol. The molecule has 0 spiro atoms. The summed E-state index contributed by atoms with van der Waals surface area (Å²) in [7, 11) is -2.09. The van der Waals surface area contributed by atoms with Gasteiger partial charge in [0.05, 0.1) is 25.5 Å². The minimum absolute atomic E-state index is 0.0962. The molecular formula is C30H41BN6O7. The number of amides is 3. The third kappa shape index (κ3) is 7.61. The van der Waals surface area contributed by atoms with Crippen molar-refractivity contribution in [3.8, 4) is 6.07 Å². The zero-order chi connectivity index (χ0) is 31.3. The second-order valence-electron chi connectivity index (χ2n) is 12.1. The van der Waals surface area contributed by atoms with Crippen molar-refractivity contribution in [3.63, 3.8) is 0 Å². The summed E-state index contributed by atoms with van der Waals surface area (Å²) in [5.74, 6) is -0.341. The molecule has 3 amide bonds. The molecule has 1 aromatic heterocycles. The molecule has 0 bridgehead atoms. The number of nitrogens with one attached hydrogen (secondary N) is 2. The number of furan rings is 1. The SMILES string of the molecule is CC(C)(C=C(C#N)C(=O)N1CCC[C@@H]1CNC(=O)N[C@@H](Cc1coc2ccccc12)OB(O)O)N1CCN(C2COC2)CC1. The van der Waals surface area contributed by atoms with E-state index in [1.54, 1.807) is 17.2 Å². The number of hydrogen-bond donors (Lipinski definition) is 4. The van der Waals surface area contributed by atoms with Crippen molar-refractivity contribution in [2.45, 2.75) is 57.0 Å². The first-order chi connectivity index (χ1) is 21.1. The molecule has 3 saturated heterocycles. The first-order valence-corrected chi connectivity index (χ1v) is 15.2. The van der Waals surface area contributed by atoms with Crippen LogP contribution in [0.3, 0.4) is 0 Å². The van der Waals surface area contributed by atoms with E-state index in [1.807, 2.05) is 38.1 Å². The van der Waals surface area contributed by atoms with Gasteiger partial charge in [-0.2, -0.15) is 5.26 Å². The van der Waals surface area contributed by atoms with Crippen molar-refractivity contribution < 1.29 is 33.4 Å². The molecule has 0 saturated carbocycles. The standard InChI is InChI=1S/C30H41BN6O7/c1-30(2,36-12-10-35(11-13-36)24-19-42-20-24)15-22(16-32)28(38)37-9-5-6-23(37)17-33-29(39)34-27(44-31(40)41)14-21-18-43-26-8-4-3-7-25(21)26/h3-4,7-8,15,18,23-24,27,40-41H,5-6,9-14,17,19-20H2,1-2H3,(H2,33,34,39)/t23-,27-/m1/s1. The summed E-state index contributed by atoms with van der Waals surface area (Å²) in [5, 5.41) is 35.0. The second-order valence-corrected chi connectivity index (χ2v) is 12.1. The molecule has 2 aromatic rings. The lowest BCUT2D eigenvalue weighted by atomic mass is 9.97. The first kappa shape index (κ1) is 32.0. The summed E-state index contributed by atoms with van der Waals surface area (Å²) in [6.07, 6.45) is 3.82. The number of piperazine rings is 1. The van der Waals surface area contributed by atoms with Gasteiger partial charge in [0.2, 0.25) is 0 Å². The molecule has 4 heterocycles. The molecule has 5 rings (SSSR count). The number of nitrogens with zero attached hydrogens (tertiary/aromatic N) is 4. The minimum atomic E-state index is -2.09. The quantitative estimate of drug-likeness (QED) is 0.124. The Morgan fingerprint density at radius 1 is 1.20 bits per heavy atom. The summed E-state index contributed by atoms with van der Waals surface area (Å²) < 4.78 is 16.0. The van der Waals surface area contributed by atoms with Gasteiger partial charge in [-0.15, -0.1) is 0 Å². The van der Waals surface area contributed by atoms with Crippen LogP contribution in [-0.2, 0) is 20.6 Å². The number of carbonyl (C=O) groups is 2. The maximum Gasteiger partial charge on any atom is 0.635 e. The fraction of sp³-hybridized carbons (Fsp3) is 0.567. The Morgan fingerprint density at radius 3 is 2.64 bits per heavy atom. The van der Waals surface area contributed by atoms with Crippen LogP contribution in [0.2, 0.25) is 0 Å². The summed E-state index contributed by atoms with van der Waals surface area (Å²) in [6.45, 7) is 9.80. The van der Waals surface area contributed by atoms with Crippen LogP contribution in [0.1, 0.15) is 32.3 Å². The number of benzene rings is 1. The lowest BCUT2D eigenvalue weighted by Gasteiger charge is -2.46. The topological polar surface area (TPSA) is 164 Å². The maximum atomic E-state index is 13.5. The molecule has 14 heteroatoms.